The Bertz CT molecular complexity index is 399. The number of esters is 1. The summed E-state index contributed by atoms with van der Waals surface area (Å²) < 4.78 is 4.91. The minimum Gasteiger partial charge on any atom is -0.480 e. The molecule has 0 spiro atoms. The lowest BCUT2D eigenvalue weighted by molar-refractivity contribution is -0.149. The smallest absolute Gasteiger partial charge is 0.321 e. The number of carboxylic acid groups (broad SMARTS) is 1. The van der Waals surface area contributed by atoms with E-state index in [0.717, 1.165) is 11.1 Å². The van der Waals surface area contributed by atoms with Gasteiger partial charge in [-0.05, 0) is 12.5 Å². The van der Waals surface area contributed by atoms with Crippen LogP contribution in [0.5, 0.6) is 0 Å². The van der Waals surface area contributed by atoms with Crippen LogP contribution in [0.2, 0.25) is 0 Å². The lowest BCUT2D eigenvalue weighted by Crippen LogP contribution is -2.33. The average Bonchev–Trinajstić information content (AvgIpc) is 2.28. The van der Waals surface area contributed by atoms with Gasteiger partial charge in [0, 0.05) is 0 Å². The minimum atomic E-state index is -1.21. The molecule has 0 saturated carbocycles. The molecule has 5 heteroatoms. The van der Waals surface area contributed by atoms with E-state index in [1.807, 2.05) is 31.2 Å². The molecule has 5 nitrogen and oxygen atoms in total. The highest BCUT2D eigenvalue weighted by Crippen LogP contribution is 2.05. The summed E-state index contributed by atoms with van der Waals surface area (Å²) in [6, 6.07) is 6.30. The van der Waals surface area contributed by atoms with Crippen LogP contribution in [0.1, 0.15) is 17.5 Å². The molecule has 0 fully saturated rings. The first-order valence-electron chi connectivity index (χ1n) is 5.18. The van der Waals surface area contributed by atoms with Gasteiger partial charge in [-0.1, -0.05) is 29.8 Å². The Morgan fingerprint density at radius 3 is 2.47 bits per heavy atom. The van der Waals surface area contributed by atoms with Crippen molar-refractivity contribution >= 4 is 11.9 Å². The van der Waals surface area contributed by atoms with Crippen LogP contribution in [-0.4, -0.2) is 23.1 Å². The summed E-state index contributed by atoms with van der Waals surface area (Å²) in [5.74, 6) is -1.82. The Labute approximate surface area is 99.2 Å². The quantitative estimate of drug-likeness (QED) is 0.741. The molecule has 0 aliphatic carbocycles. The van der Waals surface area contributed by atoms with E-state index in [-0.39, 0.29) is 13.0 Å². The van der Waals surface area contributed by atoms with Gasteiger partial charge in [0.2, 0.25) is 0 Å². The number of carbonyl (C=O) groups is 2. The van der Waals surface area contributed by atoms with Crippen molar-refractivity contribution < 1.29 is 19.4 Å². The molecule has 0 unspecified atom stereocenters. The molecule has 3 N–H and O–H groups in total. The van der Waals surface area contributed by atoms with Crippen molar-refractivity contribution in [2.45, 2.75) is 26.0 Å². The highest BCUT2D eigenvalue weighted by atomic mass is 16.5. The van der Waals surface area contributed by atoms with E-state index in [9.17, 15) is 9.59 Å². The topological polar surface area (TPSA) is 89.6 Å². The third-order valence-corrected chi connectivity index (χ3v) is 2.22. The second-order valence-corrected chi connectivity index (χ2v) is 3.80. The van der Waals surface area contributed by atoms with E-state index < -0.39 is 18.0 Å². The van der Waals surface area contributed by atoms with Crippen molar-refractivity contribution in [1.29, 1.82) is 0 Å². The number of hydrogen-bond acceptors (Lipinski definition) is 4. The van der Waals surface area contributed by atoms with Crippen molar-refractivity contribution in [3.63, 3.8) is 0 Å². The van der Waals surface area contributed by atoms with Crippen molar-refractivity contribution in [1.82, 2.24) is 0 Å². The number of benzene rings is 1. The molecule has 0 saturated heterocycles. The zero-order valence-corrected chi connectivity index (χ0v) is 9.55. The lowest BCUT2D eigenvalue weighted by atomic mass is 10.2. The highest BCUT2D eigenvalue weighted by molar-refractivity contribution is 5.81. The van der Waals surface area contributed by atoms with Crippen LogP contribution in [0.25, 0.3) is 0 Å². The van der Waals surface area contributed by atoms with Crippen LogP contribution in [0.3, 0.4) is 0 Å². The van der Waals surface area contributed by atoms with E-state index in [1.165, 1.54) is 0 Å². The number of hydrogen-bond donors (Lipinski definition) is 2. The SMILES string of the molecule is Cc1ccc(COC(=O)C[C@H](N)C(=O)O)cc1. The van der Waals surface area contributed by atoms with Gasteiger partial charge >= 0.3 is 11.9 Å². The van der Waals surface area contributed by atoms with Crippen molar-refractivity contribution in [2.24, 2.45) is 5.73 Å². The van der Waals surface area contributed by atoms with Crippen LogP contribution < -0.4 is 5.73 Å². The predicted molar refractivity (Wildman–Crippen MR) is 61.2 cm³/mol. The molecular weight excluding hydrogens is 222 g/mol. The molecule has 0 bridgehead atoms. The molecule has 92 valence electrons. The molecule has 1 atom stereocenters. The minimum absolute atomic E-state index is 0.130. The number of carbonyl (C=O) groups excluding carboxylic acids is 1. The molecule has 0 aliphatic rings. The Kier molecular flexibility index (Phi) is 4.66. The Balaban J connectivity index is 2.38. The van der Waals surface area contributed by atoms with E-state index >= 15 is 0 Å². The van der Waals surface area contributed by atoms with Gasteiger partial charge in [0.05, 0.1) is 6.42 Å². The zero-order valence-electron chi connectivity index (χ0n) is 9.55. The first-order chi connectivity index (χ1) is 7.99. The maximum Gasteiger partial charge on any atom is 0.321 e. The van der Waals surface area contributed by atoms with Gasteiger partial charge in [-0.2, -0.15) is 0 Å². The van der Waals surface area contributed by atoms with Crippen molar-refractivity contribution in [2.75, 3.05) is 0 Å². The Morgan fingerprint density at radius 2 is 1.94 bits per heavy atom. The number of aryl methyl sites for hydroxylation is 1. The van der Waals surface area contributed by atoms with Gasteiger partial charge in [0.25, 0.3) is 0 Å². The third-order valence-electron chi connectivity index (χ3n) is 2.22. The monoisotopic (exact) mass is 237 g/mol. The molecule has 0 aromatic heterocycles. The maximum atomic E-state index is 11.2. The summed E-state index contributed by atoms with van der Waals surface area (Å²) in [6.45, 7) is 2.09. The number of aliphatic carboxylic acids is 1. The molecule has 0 aliphatic heterocycles. The standard InChI is InChI=1S/C12H15NO4/c1-8-2-4-9(5-3-8)7-17-11(14)6-10(13)12(15)16/h2-5,10H,6-7,13H2,1H3,(H,15,16)/t10-/m0/s1. The predicted octanol–water partition coefficient (Wildman–Crippen LogP) is 0.840. The first kappa shape index (κ1) is 13.2. The van der Waals surface area contributed by atoms with Crippen LogP contribution in [0, 0.1) is 6.92 Å². The summed E-state index contributed by atoms with van der Waals surface area (Å²) in [5, 5.41) is 8.51. The number of ether oxygens (including phenoxy) is 1. The van der Waals surface area contributed by atoms with Crippen LogP contribution in [-0.2, 0) is 20.9 Å². The molecule has 1 rings (SSSR count). The molecule has 0 amide bonds. The summed E-state index contributed by atoms with van der Waals surface area (Å²) in [6.07, 6.45) is -0.318. The molecule has 1 aromatic carbocycles. The number of carboxylic acids is 1. The van der Waals surface area contributed by atoms with Gasteiger partial charge in [0.15, 0.2) is 0 Å². The molecule has 1 aromatic rings. The summed E-state index contributed by atoms with van der Waals surface area (Å²) in [7, 11) is 0. The number of rotatable bonds is 5. The van der Waals surface area contributed by atoms with Crippen LogP contribution in [0.15, 0.2) is 24.3 Å². The molecule has 17 heavy (non-hydrogen) atoms. The second-order valence-electron chi connectivity index (χ2n) is 3.80. The van der Waals surface area contributed by atoms with E-state index in [4.69, 9.17) is 15.6 Å². The van der Waals surface area contributed by atoms with E-state index in [1.54, 1.807) is 0 Å². The van der Waals surface area contributed by atoms with Gasteiger partial charge in [-0.3, -0.25) is 9.59 Å². The fourth-order valence-electron chi connectivity index (χ4n) is 1.17. The highest BCUT2D eigenvalue weighted by Gasteiger charge is 2.17. The third kappa shape index (κ3) is 4.65. The summed E-state index contributed by atoms with van der Waals surface area (Å²) >= 11 is 0. The second kappa shape index (κ2) is 6.00. The van der Waals surface area contributed by atoms with Gasteiger partial charge in [0.1, 0.15) is 12.6 Å². The van der Waals surface area contributed by atoms with Crippen LogP contribution >= 0.6 is 0 Å². The summed E-state index contributed by atoms with van der Waals surface area (Å²) in [5.41, 5.74) is 7.18. The number of nitrogens with two attached hydrogens (primary N) is 1. The fraction of sp³-hybridized carbons (Fsp3) is 0.333. The molecule has 0 radical (unpaired) electrons. The Morgan fingerprint density at radius 1 is 1.35 bits per heavy atom. The first-order valence-corrected chi connectivity index (χ1v) is 5.18. The van der Waals surface area contributed by atoms with Gasteiger partial charge in [-0.15, -0.1) is 0 Å². The van der Waals surface area contributed by atoms with E-state index in [0.29, 0.717) is 0 Å². The molecule has 0 heterocycles. The largest absolute Gasteiger partial charge is 0.480 e. The maximum absolute atomic E-state index is 11.2. The average molecular weight is 237 g/mol. The molecular formula is C12H15NO4. The van der Waals surface area contributed by atoms with Gasteiger partial charge in [-0.25, -0.2) is 0 Å². The van der Waals surface area contributed by atoms with Crippen molar-refractivity contribution in [3.8, 4) is 0 Å². The normalized spacial score (nSPS) is 11.9. The van der Waals surface area contributed by atoms with Gasteiger partial charge < -0.3 is 15.6 Å². The van der Waals surface area contributed by atoms with Crippen molar-refractivity contribution in [3.05, 3.63) is 35.4 Å². The summed E-state index contributed by atoms with van der Waals surface area (Å²) in [4.78, 5) is 21.6. The van der Waals surface area contributed by atoms with E-state index in [2.05, 4.69) is 0 Å². The Hall–Kier alpha value is -1.88. The van der Waals surface area contributed by atoms with Crippen LogP contribution in [0.4, 0.5) is 0 Å². The lowest BCUT2D eigenvalue weighted by Gasteiger charge is -2.07. The zero-order chi connectivity index (χ0) is 12.8. The fourth-order valence-corrected chi connectivity index (χ4v) is 1.17.